The summed E-state index contributed by atoms with van der Waals surface area (Å²) in [6.45, 7) is 15.3. The second-order valence-electron chi connectivity index (χ2n) is 2.74. The van der Waals surface area contributed by atoms with E-state index in [9.17, 15) is 0 Å². The highest BCUT2D eigenvalue weighted by Crippen LogP contribution is 2.15. The van der Waals surface area contributed by atoms with Crippen molar-refractivity contribution >= 4 is 0 Å². The van der Waals surface area contributed by atoms with Gasteiger partial charge in [0, 0.05) is 12.5 Å². The summed E-state index contributed by atoms with van der Waals surface area (Å²) in [5.41, 5.74) is 4.17. The monoisotopic (exact) mass is 225 g/mol. The van der Waals surface area contributed by atoms with Crippen LogP contribution in [0.15, 0.2) is 36.5 Å². The van der Waals surface area contributed by atoms with Crippen LogP contribution in [0.1, 0.15) is 34.6 Å². The van der Waals surface area contributed by atoms with Gasteiger partial charge in [-0.2, -0.15) is 0 Å². The zero-order valence-electron chi connectivity index (χ0n) is 11.4. The van der Waals surface area contributed by atoms with Gasteiger partial charge in [-0.05, 0) is 12.5 Å². The van der Waals surface area contributed by atoms with Crippen LogP contribution in [0.5, 0.6) is 0 Å². The normalized spacial score (nSPS) is 19.6. The summed E-state index contributed by atoms with van der Waals surface area (Å²) in [7, 11) is 0. The van der Waals surface area contributed by atoms with Gasteiger partial charge in [-0.3, -0.25) is 0 Å². The van der Waals surface area contributed by atoms with Crippen molar-refractivity contribution in [3.8, 4) is 0 Å². The molecule has 1 saturated heterocycles. The number of hydrogen-bond acceptors (Lipinski definition) is 2. The molecule has 1 fully saturated rings. The van der Waals surface area contributed by atoms with Crippen LogP contribution in [0.25, 0.3) is 0 Å². The lowest BCUT2D eigenvalue weighted by Gasteiger charge is -2.06. The van der Waals surface area contributed by atoms with Crippen molar-refractivity contribution in [2.75, 3.05) is 13.2 Å². The van der Waals surface area contributed by atoms with E-state index in [2.05, 4.69) is 24.2 Å². The molecule has 1 aliphatic rings. The molecule has 0 radical (unpaired) electrons. The molecular weight excluding hydrogens is 198 g/mol. The van der Waals surface area contributed by atoms with E-state index in [1.165, 1.54) is 5.57 Å². The topological polar surface area (TPSA) is 21.3 Å². The molecule has 0 aromatic carbocycles. The summed E-state index contributed by atoms with van der Waals surface area (Å²) in [4.78, 5) is 5.07. The van der Waals surface area contributed by atoms with Gasteiger partial charge in [-0.15, -0.1) is 0 Å². The first-order chi connectivity index (χ1) is 7.88. The van der Waals surface area contributed by atoms with Crippen LogP contribution in [0.4, 0.5) is 0 Å². The third kappa shape index (κ3) is 7.43. The van der Waals surface area contributed by atoms with Crippen LogP contribution in [0, 0.1) is 5.92 Å². The van der Waals surface area contributed by atoms with Crippen LogP contribution in [0.3, 0.4) is 0 Å². The van der Waals surface area contributed by atoms with Gasteiger partial charge in [0.1, 0.15) is 0 Å². The van der Waals surface area contributed by atoms with E-state index in [0.29, 0.717) is 5.92 Å². The van der Waals surface area contributed by atoms with Gasteiger partial charge in [-0.1, -0.05) is 58.6 Å². The van der Waals surface area contributed by atoms with Gasteiger partial charge in [0.05, 0.1) is 6.61 Å². The van der Waals surface area contributed by atoms with E-state index in [4.69, 9.17) is 4.84 Å². The first-order valence-corrected chi connectivity index (χ1v) is 6.18. The van der Waals surface area contributed by atoms with E-state index in [1.807, 2.05) is 40.7 Å². The third-order valence-corrected chi connectivity index (χ3v) is 1.95. The van der Waals surface area contributed by atoms with Crippen molar-refractivity contribution in [3.05, 3.63) is 36.5 Å². The molecule has 94 valence electrons. The average molecular weight is 225 g/mol. The minimum atomic E-state index is 0.492. The Morgan fingerprint density at radius 1 is 1.31 bits per heavy atom. The lowest BCUT2D eigenvalue weighted by molar-refractivity contribution is 0.0990. The largest absolute Gasteiger partial charge is 0.301 e. The van der Waals surface area contributed by atoms with Crippen molar-refractivity contribution in [2.45, 2.75) is 34.6 Å². The lowest BCUT2D eigenvalue weighted by Crippen LogP contribution is -2.09. The summed E-state index contributed by atoms with van der Waals surface area (Å²) < 4.78 is 0. The van der Waals surface area contributed by atoms with Gasteiger partial charge < -0.3 is 4.84 Å². The van der Waals surface area contributed by atoms with Gasteiger partial charge in [0.15, 0.2) is 0 Å². The van der Waals surface area contributed by atoms with Crippen LogP contribution < -0.4 is 5.48 Å². The Balaban J connectivity index is 0. The Labute approximate surface area is 101 Å². The second-order valence-corrected chi connectivity index (χ2v) is 2.74. The third-order valence-electron chi connectivity index (χ3n) is 1.95. The summed E-state index contributed by atoms with van der Waals surface area (Å²) in [6.07, 6.45) is 7.93. The van der Waals surface area contributed by atoms with E-state index < -0.39 is 0 Å². The number of allylic oxidation sites excluding steroid dienone is 4. The quantitative estimate of drug-likeness (QED) is 0.736. The van der Waals surface area contributed by atoms with Gasteiger partial charge in [0.2, 0.25) is 0 Å². The highest BCUT2D eigenvalue weighted by atomic mass is 16.7. The molecule has 0 aliphatic carbocycles. The molecule has 1 unspecified atom stereocenters. The predicted molar refractivity (Wildman–Crippen MR) is 73.2 cm³/mol. The first-order valence-electron chi connectivity index (χ1n) is 6.18. The van der Waals surface area contributed by atoms with Crippen molar-refractivity contribution in [2.24, 2.45) is 5.92 Å². The molecule has 1 atom stereocenters. The minimum Gasteiger partial charge on any atom is -0.301 e. The van der Waals surface area contributed by atoms with Crippen molar-refractivity contribution < 1.29 is 4.84 Å². The Bertz CT molecular complexity index is 201. The van der Waals surface area contributed by atoms with Crippen molar-refractivity contribution in [1.82, 2.24) is 5.48 Å². The van der Waals surface area contributed by atoms with Gasteiger partial charge in [0.25, 0.3) is 0 Å². The maximum atomic E-state index is 5.07. The number of hydrogen-bond donors (Lipinski definition) is 1. The number of nitrogens with one attached hydrogen (secondary N) is 1. The Morgan fingerprint density at radius 2 is 1.94 bits per heavy atom. The lowest BCUT2D eigenvalue weighted by atomic mass is 10.00. The predicted octanol–water partition coefficient (Wildman–Crippen LogP) is 3.88. The van der Waals surface area contributed by atoms with Crippen LogP contribution in [-0.2, 0) is 4.84 Å². The minimum absolute atomic E-state index is 0.492. The zero-order chi connectivity index (χ0) is 12.8. The van der Waals surface area contributed by atoms with Crippen LogP contribution in [-0.4, -0.2) is 13.2 Å². The average Bonchev–Trinajstić information content (AvgIpc) is 2.89. The van der Waals surface area contributed by atoms with Crippen molar-refractivity contribution in [1.29, 1.82) is 0 Å². The van der Waals surface area contributed by atoms with E-state index >= 15 is 0 Å². The molecule has 0 aromatic rings. The maximum absolute atomic E-state index is 5.07. The van der Waals surface area contributed by atoms with Crippen LogP contribution in [0.2, 0.25) is 0 Å². The molecule has 1 N–H and O–H groups in total. The van der Waals surface area contributed by atoms with Gasteiger partial charge in [-0.25, -0.2) is 5.48 Å². The smallest absolute Gasteiger partial charge is 0.0763 e. The molecule has 0 saturated carbocycles. The fourth-order valence-corrected chi connectivity index (χ4v) is 1.24. The molecule has 2 nitrogen and oxygen atoms in total. The highest BCUT2D eigenvalue weighted by molar-refractivity contribution is 5.24. The molecule has 1 rings (SSSR count). The molecule has 16 heavy (non-hydrogen) atoms. The first kappa shape index (κ1) is 17.5. The summed E-state index contributed by atoms with van der Waals surface area (Å²) in [6, 6.07) is 0. The maximum Gasteiger partial charge on any atom is 0.0763 e. The number of hydroxylamine groups is 1. The van der Waals surface area contributed by atoms with Crippen molar-refractivity contribution in [3.63, 3.8) is 0 Å². The second kappa shape index (κ2) is 14.1. The Hall–Kier alpha value is -0.860. The number of rotatable bonds is 3. The van der Waals surface area contributed by atoms with E-state index in [-0.39, 0.29) is 0 Å². The van der Waals surface area contributed by atoms with E-state index in [0.717, 1.165) is 13.2 Å². The molecule has 1 heterocycles. The molecule has 1 aliphatic heterocycles. The standard InChI is InChI=1S/C10H15NO.2C2H6/c1-3-5-6-9(4-2)10-7-11-12-8-10;2*1-2/h3-6,10-11H,1,7-8H2,2H3;2*1-2H3/b6-5-,9-4+;;. The molecular formula is C14H27NO. The molecule has 0 bridgehead atoms. The summed E-state index contributed by atoms with van der Waals surface area (Å²) in [5, 5.41) is 0. The summed E-state index contributed by atoms with van der Waals surface area (Å²) in [5.74, 6) is 0.492. The Morgan fingerprint density at radius 3 is 2.31 bits per heavy atom. The molecule has 0 amide bonds. The molecule has 2 heteroatoms. The Kier molecular flexibility index (Phi) is 15.5. The molecule has 0 aromatic heterocycles. The fraction of sp³-hybridized carbons (Fsp3) is 0.571. The van der Waals surface area contributed by atoms with Crippen LogP contribution >= 0.6 is 0 Å². The summed E-state index contributed by atoms with van der Waals surface area (Å²) >= 11 is 0. The van der Waals surface area contributed by atoms with Gasteiger partial charge >= 0.3 is 0 Å². The SMILES string of the molecule is C=C/C=C\C(=C/C)C1CNOC1.CC.CC. The van der Waals surface area contributed by atoms with E-state index in [1.54, 1.807) is 6.08 Å². The fourth-order valence-electron chi connectivity index (χ4n) is 1.24. The highest BCUT2D eigenvalue weighted by Gasteiger charge is 2.17. The zero-order valence-corrected chi connectivity index (χ0v) is 11.4. The molecule has 0 spiro atoms.